The molecule has 3 aromatic rings. The summed E-state index contributed by atoms with van der Waals surface area (Å²) >= 11 is 0. The summed E-state index contributed by atoms with van der Waals surface area (Å²) in [4.78, 5) is 22.6. The number of carbonyl (C=O) groups excluding carboxylic acids is 1. The fraction of sp³-hybridized carbons (Fsp3) is 0.176. The van der Waals surface area contributed by atoms with Gasteiger partial charge in [0.25, 0.3) is 5.91 Å². The van der Waals surface area contributed by atoms with E-state index in [2.05, 4.69) is 20.4 Å². The van der Waals surface area contributed by atoms with Crippen LogP contribution in [0.15, 0.2) is 49.2 Å². The number of anilines is 2. The second kappa shape index (κ2) is 6.49. The van der Waals surface area contributed by atoms with E-state index < -0.39 is 0 Å². The summed E-state index contributed by atoms with van der Waals surface area (Å²) in [5.74, 6) is 0.347. The van der Waals surface area contributed by atoms with Gasteiger partial charge in [-0.1, -0.05) is 0 Å². The Morgan fingerprint density at radius 1 is 1.21 bits per heavy atom. The standard InChI is InChI=1S/C17H18N6O/c1-12-8-14(22(2)3)4-5-15(12)21-17(24)13-6-7-19-16(9-13)23-11-18-10-20-23/h4-11H,1-3H3,(H,21,24). The van der Waals surface area contributed by atoms with Gasteiger partial charge in [-0.05, 0) is 42.8 Å². The van der Waals surface area contributed by atoms with Gasteiger partial charge in [0.05, 0.1) is 0 Å². The number of nitrogens with one attached hydrogen (secondary N) is 1. The van der Waals surface area contributed by atoms with E-state index in [0.29, 0.717) is 11.4 Å². The number of rotatable bonds is 4. The largest absolute Gasteiger partial charge is 0.378 e. The van der Waals surface area contributed by atoms with E-state index in [1.807, 2.05) is 44.1 Å². The van der Waals surface area contributed by atoms with Crippen LogP contribution in [-0.2, 0) is 0 Å². The van der Waals surface area contributed by atoms with Crippen LogP contribution in [0, 0.1) is 6.92 Å². The zero-order valence-corrected chi connectivity index (χ0v) is 13.8. The number of carbonyl (C=O) groups is 1. The fourth-order valence-electron chi connectivity index (χ4n) is 2.27. The Labute approximate surface area is 140 Å². The summed E-state index contributed by atoms with van der Waals surface area (Å²) in [6.07, 6.45) is 4.53. The molecule has 0 spiro atoms. The second-order valence-corrected chi connectivity index (χ2v) is 5.59. The summed E-state index contributed by atoms with van der Waals surface area (Å²) in [6, 6.07) is 9.24. The molecule has 24 heavy (non-hydrogen) atoms. The number of hydrogen-bond donors (Lipinski definition) is 1. The highest BCUT2D eigenvalue weighted by molar-refractivity contribution is 6.04. The number of aromatic nitrogens is 4. The van der Waals surface area contributed by atoms with Gasteiger partial charge in [-0.2, -0.15) is 5.10 Å². The van der Waals surface area contributed by atoms with Crippen molar-refractivity contribution in [1.29, 1.82) is 0 Å². The molecule has 0 aliphatic rings. The van der Waals surface area contributed by atoms with Crippen molar-refractivity contribution in [2.45, 2.75) is 6.92 Å². The van der Waals surface area contributed by atoms with Gasteiger partial charge in [-0.25, -0.2) is 14.6 Å². The van der Waals surface area contributed by atoms with Crippen molar-refractivity contribution in [3.63, 3.8) is 0 Å². The Balaban J connectivity index is 1.82. The predicted octanol–water partition coefficient (Wildman–Crippen LogP) is 2.29. The van der Waals surface area contributed by atoms with Crippen LogP contribution in [0.4, 0.5) is 11.4 Å². The molecule has 7 nitrogen and oxygen atoms in total. The van der Waals surface area contributed by atoms with E-state index in [1.54, 1.807) is 18.3 Å². The number of aryl methyl sites for hydroxylation is 1. The lowest BCUT2D eigenvalue weighted by Gasteiger charge is -2.15. The highest BCUT2D eigenvalue weighted by Crippen LogP contribution is 2.22. The van der Waals surface area contributed by atoms with Gasteiger partial charge in [0.15, 0.2) is 5.82 Å². The van der Waals surface area contributed by atoms with Gasteiger partial charge in [0, 0.05) is 37.2 Å². The Kier molecular flexibility index (Phi) is 4.24. The third kappa shape index (κ3) is 3.24. The first-order chi connectivity index (χ1) is 11.5. The molecule has 2 aromatic heterocycles. The molecular formula is C17H18N6O. The summed E-state index contributed by atoms with van der Waals surface area (Å²) in [5.41, 5.74) is 3.37. The maximum absolute atomic E-state index is 12.5. The predicted molar refractivity (Wildman–Crippen MR) is 92.6 cm³/mol. The molecule has 0 aliphatic heterocycles. The van der Waals surface area contributed by atoms with Crippen molar-refractivity contribution in [2.24, 2.45) is 0 Å². The first kappa shape index (κ1) is 15.7. The molecule has 122 valence electrons. The van der Waals surface area contributed by atoms with Gasteiger partial charge in [0.2, 0.25) is 0 Å². The molecule has 1 N–H and O–H groups in total. The van der Waals surface area contributed by atoms with E-state index in [1.165, 1.54) is 17.3 Å². The molecule has 3 rings (SSSR count). The van der Waals surface area contributed by atoms with E-state index in [-0.39, 0.29) is 5.91 Å². The van der Waals surface area contributed by atoms with Crippen LogP contribution in [0.5, 0.6) is 0 Å². The summed E-state index contributed by atoms with van der Waals surface area (Å²) in [5, 5.41) is 6.95. The summed E-state index contributed by atoms with van der Waals surface area (Å²) in [7, 11) is 3.96. The first-order valence-electron chi connectivity index (χ1n) is 7.45. The lowest BCUT2D eigenvalue weighted by Crippen LogP contribution is -2.14. The van der Waals surface area contributed by atoms with E-state index >= 15 is 0 Å². The Morgan fingerprint density at radius 2 is 2.04 bits per heavy atom. The maximum atomic E-state index is 12.5. The Hall–Kier alpha value is -3.22. The van der Waals surface area contributed by atoms with Crippen LogP contribution in [0.25, 0.3) is 5.82 Å². The molecule has 1 amide bonds. The highest BCUT2D eigenvalue weighted by Gasteiger charge is 2.10. The zero-order valence-electron chi connectivity index (χ0n) is 13.8. The average Bonchev–Trinajstić information content (AvgIpc) is 3.11. The molecule has 0 saturated carbocycles. The number of nitrogens with zero attached hydrogens (tertiary/aromatic N) is 5. The van der Waals surface area contributed by atoms with Gasteiger partial charge < -0.3 is 10.2 Å². The molecule has 0 atom stereocenters. The number of pyridine rings is 1. The van der Waals surface area contributed by atoms with Crippen molar-refractivity contribution in [3.05, 3.63) is 60.3 Å². The SMILES string of the molecule is Cc1cc(N(C)C)ccc1NC(=O)c1ccnc(-n2cncn2)c1. The summed E-state index contributed by atoms with van der Waals surface area (Å²) < 4.78 is 1.51. The molecule has 7 heteroatoms. The van der Waals surface area contributed by atoms with Crippen molar-refractivity contribution in [1.82, 2.24) is 19.7 Å². The van der Waals surface area contributed by atoms with Crippen LogP contribution in [-0.4, -0.2) is 39.8 Å². The highest BCUT2D eigenvalue weighted by atomic mass is 16.1. The molecule has 0 bridgehead atoms. The molecule has 0 radical (unpaired) electrons. The second-order valence-electron chi connectivity index (χ2n) is 5.59. The van der Waals surface area contributed by atoms with E-state index in [0.717, 1.165) is 16.9 Å². The van der Waals surface area contributed by atoms with Crippen molar-refractivity contribution < 1.29 is 4.79 Å². The van der Waals surface area contributed by atoms with Crippen LogP contribution in [0.1, 0.15) is 15.9 Å². The van der Waals surface area contributed by atoms with Crippen molar-refractivity contribution in [2.75, 3.05) is 24.3 Å². The van der Waals surface area contributed by atoms with Crippen LogP contribution < -0.4 is 10.2 Å². The molecule has 0 unspecified atom stereocenters. The smallest absolute Gasteiger partial charge is 0.255 e. The van der Waals surface area contributed by atoms with Crippen molar-refractivity contribution >= 4 is 17.3 Å². The minimum atomic E-state index is -0.195. The molecule has 0 saturated heterocycles. The molecule has 0 fully saturated rings. The maximum Gasteiger partial charge on any atom is 0.255 e. The molecule has 2 heterocycles. The lowest BCUT2D eigenvalue weighted by atomic mass is 10.1. The number of hydrogen-bond acceptors (Lipinski definition) is 5. The van der Waals surface area contributed by atoms with Gasteiger partial charge in [0.1, 0.15) is 12.7 Å². The van der Waals surface area contributed by atoms with Crippen LogP contribution in [0.3, 0.4) is 0 Å². The van der Waals surface area contributed by atoms with Gasteiger partial charge >= 0.3 is 0 Å². The van der Waals surface area contributed by atoms with Crippen LogP contribution >= 0.6 is 0 Å². The number of benzene rings is 1. The van der Waals surface area contributed by atoms with E-state index in [9.17, 15) is 4.79 Å². The average molecular weight is 322 g/mol. The molecule has 1 aromatic carbocycles. The Bertz CT molecular complexity index is 857. The normalized spacial score (nSPS) is 10.5. The first-order valence-corrected chi connectivity index (χ1v) is 7.45. The monoisotopic (exact) mass is 322 g/mol. The minimum Gasteiger partial charge on any atom is -0.378 e. The minimum absolute atomic E-state index is 0.195. The van der Waals surface area contributed by atoms with Crippen molar-refractivity contribution in [3.8, 4) is 5.82 Å². The number of amides is 1. The zero-order chi connectivity index (χ0) is 17.1. The van der Waals surface area contributed by atoms with Gasteiger partial charge in [-0.15, -0.1) is 0 Å². The molecule has 0 aliphatic carbocycles. The topological polar surface area (TPSA) is 75.9 Å². The summed E-state index contributed by atoms with van der Waals surface area (Å²) in [6.45, 7) is 1.97. The Morgan fingerprint density at radius 3 is 2.71 bits per heavy atom. The molecular weight excluding hydrogens is 304 g/mol. The quantitative estimate of drug-likeness (QED) is 0.797. The van der Waals surface area contributed by atoms with E-state index in [4.69, 9.17) is 0 Å². The lowest BCUT2D eigenvalue weighted by molar-refractivity contribution is 0.102. The van der Waals surface area contributed by atoms with Gasteiger partial charge in [-0.3, -0.25) is 4.79 Å². The third-order valence-corrected chi connectivity index (χ3v) is 3.64. The van der Waals surface area contributed by atoms with Crippen LogP contribution in [0.2, 0.25) is 0 Å². The third-order valence-electron chi connectivity index (χ3n) is 3.64. The fourth-order valence-corrected chi connectivity index (χ4v) is 2.27.